The third-order valence-corrected chi connectivity index (χ3v) is 4.10. The number of aromatic nitrogens is 3. The lowest BCUT2D eigenvalue weighted by atomic mass is 10.1. The quantitative estimate of drug-likeness (QED) is 0.637. The number of hydrogen-bond donors (Lipinski definition) is 3. The van der Waals surface area contributed by atoms with Gasteiger partial charge in [-0.15, -0.1) is 0 Å². The molecule has 3 N–H and O–H groups in total. The summed E-state index contributed by atoms with van der Waals surface area (Å²) in [4.78, 5) is 16.7. The van der Waals surface area contributed by atoms with Crippen LogP contribution >= 0.6 is 0 Å². The maximum Gasteiger partial charge on any atom is 0.251 e. The van der Waals surface area contributed by atoms with Gasteiger partial charge in [0.1, 0.15) is 0 Å². The van der Waals surface area contributed by atoms with Crippen LogP contribution < -0.4 is 5.32 Å². The smallest absolute Gasteiger partial charge is 0.251 e. The Morgan fingerprint density at radius 3 is 2.65 bits per heavy atom. The zero-order valence-electron chi connectivity index (χ0n) is 14.9. The second kappa shape index (κ2) is 7.93. The van der Waals surface area contributed by atoms with Crippen molar-refractivity contribution in [2.24, 2.45) is 0 Å². The molecule has 1 aromatic carbocycles. The molecule has 3 rings (SSSR count). The number of pyridine rings is 1. The van der Waals surface area contributed by atoms with E-state index < -0.39 is 0 Å². The highest BCUT2D eigenvalue weighted by Crippen LogP contribution is 2.18. The molecule has 0 saturated carbocycles. The first-order chi connectivity index (χ1) is 12.5. The molecular weight excluding hydrogens is 328 g/mol. The minimum Gasteiger partial charge on any atom is -0.392 e. The second-order valence-electron chi connectivity index (χ2n) is 6.41. The predicted molar refractivity (Wildman–Crippen MR) is 99.6 cm³/mol. The number of carbonyl (C=O) groups excluding carboxylic acids is 1. The second-order valence-corrected chi connectivity index (χ2v) is 6.41. The summed E-state index contributed by atoms with van der Waals surface area (Å²) in [6.45, 7) is 3.89. The van der Waals surface area contributed by atoms with Gasteiger partial charge in [-0.1, -0.05) is 12.1 Å². The Balaban J connectivity index is 1.64. The Kier molecular flexibility index (Phi) is 5.43. The number of H-pyrrole nitrogens is 1. The molecule has 1 atom stereocenters. The molecule has 6 heteroatoms. The number of aliphatic hydroxyl groups is 1. The van der Waals surface area contributed by atoms with E-state index in [0.29, 0.717) is 12.0 Å². The van der Waals surface area contributed by atoms with Crippen LogP contribution in [-0.4, -0.2) is 32.2 Å². The summed E-state index contributed by atoms with van der Waals surface area (Å²) in [6.07, 6.45) is 2.34. The number of hydrogen-bond acceptors (Lipinski definition) is 4. The molecule has 0 spiro atoms. The Labute approximate surface area is 152 Å². The fraction of sp³-hybridized carbons (Fsp3) is 0.250. The summed E-state index contributed by atoms with van der Waals surface area (Å²) in [5.74, 6) is -0.117. The lowest BCUT2D eigenvalue weighted by molar-refractivity contribution is 0.0940. The van der Waals surface area contributed by atoms with Crippen molar-refractivity contribution >= 4 is 5.91 Å². The monoisotopic (exact) mass is 350 g/mol. The van der Waals surface area contributed by atoms with Crippen LogP contribution in [0.25, 0.3) is 11.3 Å². The zero-order chi connectivity index (χ0) is 18.5. The first-order valence-electron chi connectivity index (χ1n) is 8.53. The fourth-order valence-corrected chi connectivity index (χ4v) is 2.77. The SMILES string of the molecule is Cc1cc(C[C@H](C)NC(=O)c2ccc(-c3cc(CO)ccn3)cc2)n[nH]1. The fourth-order valence-electron chi connectivity index (χ4n) is 2.77. The van der Waals surface area contributed by atoms with E-state index in [1.165, 1.54) is 0 Å². The average molecular weight is 350 g/mol. The molecule has 0 fully saturated rings. The van der Waals surface area contributed by atoms with Crippen LogP contribution in [0, 0.1) is 6.92 Å². The van der Waals surface area contributed by atoms with Gasteiger partial charge >= 0.3 is 0 Å². The summed E-state index contributed by atoms with van der Waals surface area (Å²) in [5, 5.41) is 19.3. The largest absolute Gasteiger partial charge is 0.392 e. The zero-order valence-corrected chi connectivity index (χ0v) is 14.9. The number of aromatic amines is 1. The molecule has 0 unspecified atom stereocenters. The molecule has 2 aromatic heterocycles. The number of benzene rings is 1. The van der Waals surface area contributed by atoms with Crippen LogP contribution in [-0.2, 0) is 13.0 Å². The maximum atomic E-state index is 12.4. The van der Waals surface area contributed by atoms with Gasteiger partial charge in [0.2, 0.25) is 0 Å². The molecule has 26 heavy (non-hydrogen) atoms. The van der Waals surface area contributed by atoms with E-state index in [1.54, 1.807) is 24.4 Å². The molecule has 2 heterocycles. The van der Waals surface area contributed by atoms with E-state index in [2.05, 4.69) is 20.5 Å². The highest BCUT2D eigenvalue weighted by molar-refractivity contribution is 5.94. The van der Waals surface area contributed by atoms with Gasteiger partial charge in [0.05, 0.1) is 18.0 Å². The van der Waals surface area contributed by atoms with Gasteiger partial charge in [-0.2, -0.15) is 5.10 Å². The number of aryl methyl sites for hydroxylation is 1. The van der Waals surface area contributed by atoms with Gasteiger partial charge in [-0.05, 0) is 49.7 Å². The van der Waals surface area contributed by atoms with Crippen LogP contribution in [0.3, 0.4) is 0 Å². The number of carbonyl (C=O) groups is 1. The average Bonchev–Trinajstić information content (AvgIpc) is 3.06. The van der Waals surface area contributed by atoms with Crippen molar-refractivity contribution in [2.45, 2.75) is 32.9 Å². The first-order valence-corrected chi connectivity index (χ1v) is 8.53. The van der Waals surface area contributed by atoms with E-state index in [9.17, 15) is 9.90 Å². The minimum atomic E-state index is -0.117. The van der Waals surface area contributed by atoms with Crippen molar-refractivity contribution in [2.75, 3.05) is 0 Å². The van der Waals surface area contributed by atoms with Crippen LogP contribution in [0.2, 0.25) is 0 Å². The Hall–Kier alpha value is -2.99. The van der Waals surface area contributed by atoms with Crippen molar-refractivity contribution < 1.29 is 9.90 Å². The van der Waals surface area contributed by atoms with Crippen LogP contribution in [0.15, 0.2) is 48.7 Å². The lowest BCUT2D eigenvalue weighted by Crippen LogP contribution is -2.34. The predicted octanol–water partition coefficient (Wildman–Crippen LogP) is 2.63. The molecule has 6 nitrogen and oxygen atoms in total. The van der Waals surface area contributed by atoms with Crippen molar-refractivity contribution in [1.29, 1.82) is 0 Å². The van der Waals surface area contributed by atoms with Crippen molar-refractivity contribution in [1.82, 2.24) is 20.5 Å². The highest BCUT2D eigenvalue weighted by Gasteiger charge is 2.12. The standard InChI is InChI=1S/C20H22N4O2/c1-13(9-18-10-14(2)23-24-18)22-20(26)17-5-3-16(4-6-17)19-11-15(12-25)7-8-21-19/h3-8,10-11,13,25H,9,12H2,1-2H3,(H,22,26)(H,23,24)/t13-/m0/s1. The Morgan fingerprint density at radius 2 is 2.00 bits per heavy atom. The number of rotatable bonds is 6. The molecule has 0 radical (unpaired) electrons. The molecule has 3 aromatic rings. The van der Waals surface area contributed by atoms with Crippen LogP contribution in [0.5, 0.6) is 0 Å². The van der Waals surface area contributed by atoms with Crippen molar-refractivity contribution in [3.8, 4) is 11.3 Å². The normalized spacial score (nSPS) is 12.0. The molecular formula is C20H22N4O2. The first kappa shape index (κ1) is 17.8. The number of aliphatic hydroxyl groups excluding tert-OH is 1. The van der Waals surface area contributed by atoms with Crippen molar-refractivity contribution in [3.63, 3.8) is 0 Å². The van der Waals surface area contributed by atoms with Gasteiger partial charge in [0.25, 0.3) is 5.91 Å². The van der Waals surface area contributed by atoms with Gasteiger partial charge in [0.15, 0.2) is 0 Å². The molecule has 0 bridgehead atoms. The number of nitrogens with one attached hydrogen (secondary N) is 2. The summed E-state index contributed by atoms with van der Waals surface area (Å²) < 4.78 is 0. The molecule has 134 valence electrons. The molecule has 0 aliphatic carbocycles. The summed E-state index contributed by atoms with van der Waals surface area (Å²) in [6, 6.07) is 12.8. The Morgan fingerprint density at radius 1 is 1.23 bits per heavy atom. The topological polar surface area (TPSA) is 90.9 Å². The van der Waals surface area contributed by atoms with Gasteiger partial charge < -0.3 is 10.4 Å². The van der Waals surface area contributed by atoms with Crippen molar-refractivity contribution in [3.05, 3.63) is 71.2 Å². The summed E-state index contributed by atoms with van der Waals surface area (Å²) in [7, 11) is 0. The minimum absolute atomic E-state index is 0.0206. The number of nitrogens with zero attached hydrogens (tertiary/aromatic N) is 2. The molecule has 1 amide bonds. The van der Waals surface area contributed by atoms with E-state index in [4.69, 9.17) is 0 Å². The lowest BCUT2D eigenvalue weighted by Gasteiger charge is -2.13. The third-order valence-electron chi connectivity index (χ3n) is 4.10. The third kappa shape index (κ3) is 4.34. The van der Waals surface area contributed by atoms with E-state index in [1.807, 2.05) is 38.1 Å². The van der Waals surface area contributed by atoms with Crippen LogP contribution in [0.4, 0.5) is 0 Å². The highest BCUT2D eigenvalue weighted by atomic mass is 16.3. The van der Waals surface area contributed by atoms with E-state index in [-0.39, 0.29) is 18.6 Å². The van der Waals surface area contributed by atoms with Gasteiger partial charge in [0, 0.05) is 35.5 Å². The Bertz CT molecular complexity index is 887. The van der Waals surface area contributed by atoms with E-state index >= 15 is 0 Å². The summed E-state index contributed by atoms with van der Waals surface area (Å²) >= 11 is 0. The van der Waals surface area contributed by atoms with E-state index in [0.717, 1.165) is 28.2 Å². The molecule has 0 aliphatic rings. The van der Waals surface area contributed by atoms with Gasteiger partial charge in [-0.25, -0.2) is 0 Å². The number of amides is 1. The molecule has 0 saturated heterocycles. The van der Waals surface area contributed by atoms with Crippen LogP contribution in [0.1, 0.15) is 34.2 Å². The summed E-state index contributed by atoms with van der Waals surface area (Å²) in [5.41, 5.74) is 5.01. The molecule has 0 aliphatic heterocycles. The maximum absolute atomic E-state index is 12.4. The van der Waals surface area contributed by atoms with Gasteiger partial charge in [-0.3, -0.25) is 14.9 Å².